The molecule has 2 rings (SSSR count). The van der Waals surface area contributed by atoms with Crippen LogP contribution in [-0.2, 0) is 0 Å². The van der Waals surface area contributed by atoms with Crippen LogP contribution in [0.25, 0.3) is 0 Å². The summed E-state index contributed by atoms with van der Waals surface area (Å²) in [6, 6.07) is 11.5. The number of carbonyl (C=O) groups excluding carboxylic acids is 1. The first-order valence-electron chi connectivity index (χ1n) is 5.81. The Labute approximate surface area is 134 Å². The molecule has 0 aromatic heterocycles. The molecule has 1 N–H and O–H groups in total. The third-order valence-corrected chi connectivity index (χ3v) is 4.12. The van der Waals surface area contributed by atoms with Crippen LogP contribution in [0.4, 0.5) is 5.69 Å². The molecule has 0 heterocycles. The molecule has 0 bridgehead atoms. The largest absolute Gasteiger partial charge is 0.321 e. The standard InChI is InChI=1S/C15H13BrINO/c1-9-7-10(2)14(13(16)8-9)18-15(19)11-3-5-12(17)6-4-11/h3-8H,1-2H3,(H,18,19). The van der Waals surface area contributed by atoms with Gasteiger partial charge in [-0.1, -0.05) is 6.07 Å². The molecular formula is C15H13BrINO. The number of hydrogen-bond acceptors (Lipinski definition) is 1. The molecule has 0 aliphatic carbocycles. The first-order valence-corrected chi connectivity index (χ1v) is 7.68. The van der Waals surface area contributed by atoms with Crippen molar-refractivity contribution >= 4 is 50.1 Å². The van der Waals surface area contributed by atoms with Crippen molar-refractivity contribution in [3.05, 3.63) is 61.1 Å². The molecule has 0 saturated carbocycles. The maximum atomic E-state index is 12.2. The number of hydrogen-bond donors (Lipinski definition) is 1. The Morgan fingerprint density at radius 3 is 2.37 bits per heavy atom. The molecule has 2 aromatic rings. The van der Waals surface area contributed by atoms with Crippen molar-refractivity contribution in [2.75, 3.05) is 5.32 Å². The lowest BCUT2D eigenvalue weighted by Crippen LogP contribution is -2.13. The second-order valence-electron chi connectivity index (χ2n) is 4.40. The third kappa shape index (κ3) is 3.57. The first kappa shape index (κ1) is 14.5. The van der Waals surface area contributed by atoms with Gasteiger partial charge in [0.05, 0.1) is 5.69 Å². The van der Waals surface area contributed by atoms with E-state index in [0.29, 0.717) is 5.56 Å². The molecule has 0 radical (unpaired) electrons. The van der Waals surface area contributed by atoms with E-state index in [0.717, 1.165) is 24.9 Å². The Morgan fingerprint density at radius 2 is 1.79 bits per heavy atom. The zero-order valence-corrected chi connectivity index (χ0v) is 14.4. The van der Waals surface area contributed by atoms with Crippen LogP contribution in [0.15, 0.2) is 40.9 Å². The van der Waals surface area contributed by atoms with Gasteiger partial charge in [0.15, 0.2) is 0 Å². The van der Waals surface area contributed by atoms with E-state index in [4.69, 9.17) is 0 Å². The van der Waals surface area contributed by atoms with Gasteiger partial charge in [0.2, 0.25) is 0 Å². The van der Waals surface area contributed by atoms with Crippen molar-refractivity contribution in [3.63, 3.8) is 0 Å². The van der Waals surface area contributed by atoms with Gasteiger partial charge in [-0.15, -0.1) is 0 Å². The van der Waals surface area contributed by atoms with Crippen molar-refractivity contribution in [1.82, 2.24) is 0 Å². The maximum Gasteiger partial charge on any atom is 0.255 e. The summed E-state index contributed by atoms with van der Waals surface area (Å²) in [5, 5.41) is 2.95. The molecule has 2 nitrogen and oxygen atoms in total. The molecule has 98 valence electrons. The van der Waals surface area contributed by atoms with E-state index in [1.54, 1.807) is 0 Å². The number of amides is 1. The highest BCUT2D eigenvalue weighted by molar-refractivity contribution is 14.1. The number of carbonyl (C=O) groups is 1. The summed E-state index contributed by atoms with van der Waals surface area (Å²) in [7, 11) is 0. The number of anilines is 1. The van der Waals surface area contributed by atoms with Crippen LogP contribution in [0.5, 0.6) is 0 Å². The fourth-order valence-electron chi connectivity index (χ4n) is 1.86. The number of halogens is 2. The highest BCUT2D eigenvalue weighted by Gasteiger charge is 2.10. The van der Waals surface area contributed by atoms with Crippen LogP contribution in [0.2, 0.25) is 0 Å². The average molecular weight is 430 g/mol. The lowest BCUT2D eigenvalue weighted by molar-refractivity contribution is 0.102. The number of aryl methyl sites for hydroxylation is 2. The summed E-state index contributed by atoms with van der Waals surface area (Å²) in [4.78, 5) is 12.2. The normalized spacial score (nSPS) is 10.3. The van der Waals surface area contributed by atoms with E-state index in [9.17, 15) is 4.79 Å². The average Bonchev–Trinajstić information content (AvgIpc) is 2.34. The molecule has 0 saturated heterocycles. The van der Waals surface area contributed by atoms with Gasteiger partial charge in [-0.25, -0.2) is 0 Å². The van der Waals surface area contributed by atoms with Crippen molar-refractivity contribution < 1.29 is 4.79 Å². The predicted molar refractivity (Wildman–Crippen MR) is 90.7 cm³/mol. The number of benzene rings is 2. The molecule has 0 aliphatic rings. The van der Waals surface area contributed by atoms with Gasteiger partial charge in [-0.2, -0.15) is 0 Å². The zero-order chi connectivity index (χ0) is 14.0. The molecule has 0 spiro atoms. The van der Waals surface area contributed by atoms with Gasteiger partial charge in [-0.3, -0.25) is 4.79 Å². The Balaban J connectivity index is 2.26. The minimum absolute atomic E-state index is 0.0935. The lowest BCUT2D eigenvalue weighted by atomic mass is 10.1. The van der Waals surface area contributed by atoms with Gasteiger partial charge >= 0.3 is 0 Å². The second-order valence-corrected chi connectivity index (χ2v) is 6.50. The van der Waals surface area contributed by atoms with E-state index in [1.165, 1.54) is 0 Å². The number of rotatable bonds is 2. The lowest BCUT2D eigenvalue weighted by Gasteiger charge is -2.12. The van der Waals surface area contributed by atoms with Gasteiger partial charge < -0.3 is 5.32 Å². The number of nitrogens with one attached hydrogen (secondary N) is 1. The summed E-state index contributed by atoms with van der Waals surface area (Å²) in [6.45, 7) is 4.02. The van der Waals surface area contributed by atoms with Crippen LogP contribution >= 0.6 is 38.5 Å². The highest BCUT2D eigenvalue weighted by Crippen LogP contribution is 2.28. The van der Waals surface area contributed by atoms with Crippen LogP contribution in [0.3, 0.4) is 0 Å². The minimum atomic E-state index is -0.0935. The molecule has 2 aromatic carbocycles. The Bertz CT molecular complexity index is 600. The predicted octanol–water partition coefficient (Wildman–Crippen LogP) is 4.92. The fraction of sp³-hybridized carbons (Fsp3) is 0.133. The molecule has 0 unspecified atom stereocenters. The summed E-state index contributed by atoms with van der Waals surface area (Å²) in [5.41, 5.74) is 3.70. The second kappa shape index (κ2) is 6.05. The minimum Gasteiger partial charge on any atom is -0.321 e. The van der Waals surface area contributed by atoms with Gasteiger partial charge in [0, 0.05) is 13.6 Å². The van der Waals surface area contributed by atoms with E-state index in [2.05, 4.69) is 43.8 Å². The van der Waals surface area contributed by atoms with Crippen molar-refractivity contribution in [2.45, 2.75) is 13.8 Å². The summed E-state index contributed by atoms with van der Waals surface area (Å²) >= 11 is 5.71. The van der Waals surface area contributed by atoms with E-state index in [-0.39, 0.29) is 5.91 Å². The Hall–Kier alpha value is -0.880. The zero-order valence-electron chi connectivity index (χ0n) is 10.6. The van der Waals surface area contributed by atoms with E-state index < -0.39 is 0 Å². The summed E-state index contributed by atoms with van der Waals surface area (Å²) in [5.74, 6) is -0.0935. The van der Waals surface area contributed by atoms with Crippen molar-refractivity contribution in [1.29, 1.82) is 0 Å². The smallest absolute Gasteiger partial charge is 0.255 e. The summed E-state index contributed by atoms with van der Waals surface area (Å²) < 4.78 is 2.02. The topological polar surface area (TPSA) is 29.1 Å². The van der Waals surface area contributed by atoms with Crippen LogP contribution in [-0.4, -0.2) is 5.91 Å². The quantitative estimate of drug-likeness (QED) is 0.674. The molecule has 19 heavy (non-hydrogen) atoms. The van der Waals surface area contributed by atoms with E-state index in [1.807, 2.05) is 50.2 Å². The molecule has 0 fully saturated rings. The maximum absolute atomic E-state index is 12.2. The van der Waals surface area contributed by atoms with Gasteiger partial charge in [0.1, 0.15) is 0 Å². The molecule has 1 amide bonds. The van der Waals surface area contributed by atoms with Crippen molar-refractivity contribution in [2.24, 2.45) is 0 Å². The molecule has 0 aliphatic heterocycles. The Kier molecular flexibility index (Phi) is 4.62. The van der Waals surface area contributed by atoms with Crippen LogP contribution in [0, 0.1) is 17.4 Å². The fourth-order valence-corrected chi connectivity index (χ4v) is 2.99. The first-order chi connectivity index (χ1) is 8.97. The van der Waals surface area contributed by atoms with Crippen LogP contribution in [0.1, 0.15) is 21.5 Å². The van der Waals surface area contributed by atoms with Gasteiger partial charge in [0.25, 0.3) is 5.91 Å². The molecular weight excluding hydrogens is 417 g/mol. The summed E-state index contributed by atoms with van der Waals surface area (Å²) in [6.07, 6.45) is 0. The van der Waals surface area contributed by atoms with E-state index >= 15 is 0 Å². The highest BCUT2D eigenvalue weighted by atomic mass is 127. The molecule has 0 atom stereocenters. The monoisotopic (exact) mass is 429 g/mol. The Morgan fingerprint density at radius 1 is 1.16 bits per heavy atom. The van der Waals surface area contributed by atoms with Crippen LogP contribution < -0.4 is 5.32 Å². The third-order valence-electron chi connectivity index (χ3n) is 2.78. The van der Waals surface area contributed by atoms with Crippen molar-refractivity contribution in [3.8, 4) is 0 Å². The SMILES string of the molecule is Cc1cc(C)c(NC(=O)c2ccc(I)cc2)c(Br)c1. The van der Waals surface area contributed by atoms with Gasteiger partial charge in [-0.05, 0) is 93.8 Å². The molecule has 4 heteroatoms.